The Bertz CT molecular complexity index is 226. The highest BCUT2D eigenvalue weighted by Gasteiger charge is 2.27. The van der Waals surface area contributed by atoms with Crippen LogP contribution < -0.4 is 16.4 Å². The van der Waals surface area contributed by atoms with E-state index < -0.39 is 0 Å². The van der Waals surface area contributed by atoms with Gasteiger partial charge in [0.1, 0.15) is 6.04 Å². The zero-order chi connectivity index (χ0) is 10.6. The summed E-state index contributed by atoms with van der Waals surface area (Å²) in [6, 6.07) is -0.344. The van der Waals surface area contributed by atoms with Gasteiger partial charge in [-0.1, -0.05) is 6.92 Å². The van der Waals surface area contributed by atoms with E-state index in [2.05, 4.69) is 10.6 Å². The second-order valence-electron chi connectivity index (χ2n) is 3.51. The van der Waals surface area contributed by atoms with E-state index in [1.807, 2.05) is 6.92 Å². The molecule has 1 fully saturated rings. The van der Waals surface area contributed by atoms with Crippen LogP contribution in [0.2, 0.25) is 0 Å². The molecule has 2 amide bonds. The molecule has 0 radical (unpaired) electrons. The molecule has 0 bridgehead atoms. The maximum Gasteiger partial charge on any atom is 0.242 e. The molecule has 2 atom stereocenters. The van der Waals surface area contributed by atoms with Crippen LogP contribution in [0.3, 0.4) is 0 Å². The van der Waals surface area contributed by atoms with Gasteiger partial charge in [0.05, 0.1) is 0 Å². The molecule has 1 heterocycles. The first kappa shape index (κ1) is 11.0. The predicted octanol–water partition coefficient (Wildman–Crippen LogP) is -0.881. The fraction of sp³-hybridized carbons (Fsp3) is 0.778. The smallest absolute Gasteiger partial charge is 0.242 e. The number of rotatable bonds is 4. The van der Waals surface area contributed by atoms with Gasteiger partial charge < -0.3 is 16.4 Å². The third-order valence-corrected chi connectivity index (χ3v) is 2.44. The fourth-order valence-corrected chi connectivity index (χ4v) is 1.44. The van der Waals surface area contributed by atoms with Gasteiger partial charge in [-0.05, 0) is 12.8 Å². The highest BCUT2D eigenvalue weighted by Crippen LogP contribution is 2.06. The molecule has 14 heavy (non-hydrogen) atoms. The van der Waals surface area contributed by atoms with E-state index >= 15 is 0 Å². The standard InChI is InChI=1S/C9H17N3O2/c1-2-6(5-10)11-9(14)7-3-4-8(13)12-7/h6-7H,2-5,10H2,1H3,(H,11,14)(H,12,13)/t6?,7-/m1/s1. The zero-order valence-electron chi connectivity index (χ0n) is 8.38. The summed E-state index contributed by atoms with van der Waals surface area (Å²) >= 11 is 0. The van der Waals surface area contributed by atoms with Crippen LogP contribution in [-0.4, -0.2) is 30.4 Å². The van der Waals surface area contributed by atoms with Crippen LogP contribution in [-0.2, 0) is 9.59 Å². The van der Waals surface area contributed by atoms with Gasteiger partial charge in [0.2, 0.25) is 11.8 Å². The summed E-state index contributed by atoms with van der Waals surface area (Å²) in [7, 11) is 0. The van der Waals surface area contributed by atoms with Crippen molar-refractivity contribution in [3.05, 3.63) is 0 Å². The van der Waals surface area contributed by atoms with Gasteiger partial charge in [0, 0.05) is 19.0 Å². The molecule has 1 saturated heterocycles. The number of amides is 2. The molecule has 1 rings (SSSR count). The first-order valence-corrected chi connectivity index (χ1v) is 4.97. The minimum absolute atomic E-state index is 0.0139. The van der Waals surface area contributed by atoms with Crippen LogP contribution in [0, 0.1) is 0 Å². The molecule has 5 nitrogen and oxygen atoms in total. The Balaban J connectivity index is 2.38. The van der Waals surface area contributed by atoms with Crippen molar-refractivity contribution < 1.29 is 9.59 Å². The summed E-state index contributed by atoms with van der Waals surface area (Å²) in [5, 5.41) is 5.42. The Morgan fingerprint density at radius 2 is 2.50 bits per heavy atom. The fourth-order valence-electron chi connectivity index (χ4n) is 1.44. The zero-order valence-corrected chi connectivity index (χ0v) is 8.38. The first-order valence-electron chi connectivity index (χ1n) is 4.97. The second kappa shape index (κ2) is 4.95. The molecule has 0 spiro atoms. The summed E-state index contributed by atoms with van der Waals surface area (Å²) in [6.45, 7) is 2.40. The van der Waals surface area contributed by atoms with Gasteiger partial charge in [-0.15, -0.1) is 0 Å². The van der Waals surface area contributed by atoms with E-state index in [1.54, 1.807) is 0 Å². The van der Waals surface area contributed by atoms with Gasteiger partial charge in [-0.3, -0.25) is 9.59 Å². The molecule has 1 unspecified atom stereocenters. The molecule has 4 N–H and O–H groups in total. The average molecular weight is 199 g/mol. The lowest BCUT2D eigenvalue weighted by Crippen LogP contribution is -2.48. The van der Waals surface area contributed by atoms with Crippen LogP contribution in [0.15, 0.2) is 0 Å². The van der Waals surface area contributed by atoms with Gasteiger partial charge in [0.25, 0.3) is 0 Å². The minimum Gasteiger partial charge on any atom is -0.350 e. The summed E-state index contributed by atoms with van der Waals surface area (Å²) in [5.74, 6) is -0.168. The third kappa shape index (κ3) is 2.70. The SMILES string of the molecule is CCC(CN)NC(=O)[C@H]1CCC(=O)N1. The Morgan fingerprint density at radius 3 is 2.93 bits per heavy atom. The molecular formula is C9H17N3O2. The van der Waals surface area contributed by atoms with Gasteiger partial charge in [0.15, 0.2) is 0 Å². The van der Waals surface area contributed by atoms with Crippen LogP contribution >= 0.6 is 0 Å². The van der Waals surface area contributed by atoms with Gasteiger partial charge in [-0.2, -0.15) is 0 Å². The Hall–Kier alpha value is -1.10. The van der Waals surface area contributed by atoms with E-state index in [0.717, 1.165) is 6.42 Å². The highest BCUT2D eigenvalue weighted by molar-refractivity contribution is 5.90. The largest absolute Gasteiger partial charge is 0.350 e. The van der Waals surface area contributed by atoms with E-state index in [4.69, 9.17) is 5.73 Å². The van der Waals surface area contributed by atoms with Crippen molar-refractivity contribution in [1.29, 1.82) is 0 Å². The lowest BCUT2D eigenvalue weighted by molar-refractivity contribution is -0.126. The van der Waals surface area contributed by atoms with Crippen LogP contribution in [0.1, 0.15) is 26.2 Å². The predicted molar refractivity (Wildman–Crippen MR) is 52.4 cm³/mol. The van der Waals surface area contributed by atoms with Crippen molar-refractivity contribution in [3.63, 3.8) is 0 Å². The second-order valence-corrected chi connectivity index (χ2v) is 3.51. The van der Waals surface area contributed by atoms with Crippen LogP contribution in [0.4, 0.5) is 0 Å². The number of nitrogens with one attached hydrogen (secondary N) is 2. The molecular weight excluding hydrogens is 182 g/mol. The third-order valence-electron chi connectivity index (χ3n) is 2.44. The Morgan fingerprint density at radius 1 is 1.79 bits per heavy atom. The van der Waals surface area contributed by atoms with Crippen LogP contribution in [0.25, 0.3) is 0 Å². The van der Waals surface area contributed by atoms with E-state index in [9.17, 15) is 9.59 Å². The van der Waals surface area contributed by atoms with E-state index in [0.29, 0.717) is 19.4 Å². The summed E-state index contributed by atoms with van der Waals surface area (Å²) in [5.41, 5.74) is 5.46. The van der Waals surface area contributed by atoms with Crippen molar-refractivity contribution in [2.75, 3.05) is 6.54 Å². The van der Waals surface area contributed by atoms with Crippen molar-refractivity contribution >= 4 is 11.8 Å². The maximum atomic E-state index is 11.5. The number of hydrogen-bond donors (Lipinski definition) is 3. The van der Waals surface area contributed by atoms with Crippen molar-refractivity contribution in [1.82, 2.24) is 10.6 Å². The number of carbonyl (C=O) groups is 2. The topological polar surface area (TPSA) is 84.2 Å². The van der Waals surface area contributed by atoms with Crippen molar-refractivity contribution in [3.8, 4) is 0 Å². The monoisotopic (exact) mass is 199 g/mol. The number of hydrogen-bond acceptors (Lipinski definition) is 3. The first-order chi connectivity index (χ1) is 6.67. The molecule has 80 valence electrons. The molecule has 5 heteroatoms. The molecule has 1 aliphatic rings. The Labute approximate surface area is 83.4 Å². The van der Waals surface area contributed by atoms with Gasteiger partial charge in [-0.25, -0.2) is 0 Å². The minimum atomic E-state index is -0.358. The van der Waals surface area contributed by atoms with Crippen LogP contribution in [0.5, 0.6) is 0 Å². The van der Waals surface area contributed by atoms with Crippen molar-refractivity contribution in [2.24, 2.45) is 5.73 Å². The molecule has 0 aliphatic carbocycles. The molecule has 1 aliphatic heterocycles. The van der Waals surface area contributed by atoms with E-state index in [-0.39, 0.29) is 23.9 Å². The summed E-state index contributed by atoms with van der Waals surface area (Å²) in [6.07, 6.45) is 1.84. The molecule has 0 aromatic heterocycles. The number of nitrogens with two attached hydrogens (primary N) is 1. The summed E-state index contributed by atoms with van der Waals surface area (Å²) in [4.78, 5) is 22.4. The molecule has 0 aromatic carbocycles. The quantitative estimate of drug-likeness (QED) is 0.549. The highest BCUT2D eigenvalue weighted by atomic mass is 16.2. The van der Waals surface area contributed by atoms with Crippen molar-refractivity contribution in [2.45, 2.75) is 38.3 Å². The summed E-state index contributed by atoms with van der Waals surface area (Å²) < 4.78 is 0. The van der Waals surface area contributed by atoms with E-state index in [1.165, 1.54) is 0 Å². The number of carbonyl (C=O) groups excluding carboxylic acids is 2. The lowest BCUT2D eigenvalue weighted by atomic mass is 10.1. The molecule has 0 saturated carbocycles. The average Bonchev–Trinajstić information content (AvgIpc) is 2.61. The molecule has 0 aromatic rings. The van der Waals surface area contributed by atoms with Gasteiger partial charge >= 0.3 is 0 Å². The lowest BCUT2D eigenvalue weighted by Gasteiger charge is -2.17. The normalized spacial score (nSPS) is 23.0. The maximum absolute atomic E-state index is 11.5. The Kier molecular flexibility index (Phi) is 3.88.